The van der Waals surface area contributed by atoms with Crippen LogP contribution in [0.4, 0.5) is 0 Å². The van der Waals surface area contributed by atoms with Crippen LogP contribution in [0.5, 0.6) is 0 Å². The Bertz CT molecular complexity index is 461. The number of piperidine rings is 1. The van der Waals surface area contributed by atoms with Crippen LogP contribution >= 0.6 is 28.3 Å². The average molecular weight is 362 g/mol. The summed E-state index contributed by atoms with van der Waals surface area (Å²) in [7, 11) is 0. The van der Waals surface area contributed by atoms with Crippen molar-refractivity contribution < 1.29 is 4.79 Å². The number of nitrogens with one attached hydrogen (secondary N) is 2. The van der Waals surface area contributed by atoms with Crippen LogP contribution in [0.1, 0.15) is 35.7 Å². The summed E-state index contributed by atoms with van der Waals surface area (Å²) in [5.41, 5.74) is 1.86. The third-order valence-corrected chi connectivity index (χ3v) is 4.69. The third kappa shape index (κ3) is 4.47. The number of carbonyl (C=O) groups is 1. The molecule has 0 bridgehead atoms. The maximum Gasteiger partial charge on any atom is 0.251 e. The summed E-state index contributed by atoms with van der Waals surface area (Å²) in [4.78, 5) is 12.2. The van der Waals surface area contributed by atoms with Gasteiger partial charge in [-0.2, -0.15) is 0 Å². The second-order valence-corrected chi connectivity index (χ2v) is 6.19. The van der Waals surface area contributed by atoms with Gasteiger partial charge in [-0.25, -0.2) is 0 Å². The van der Waals surface area contributed by atoms with Gasteiger partial charge in [0, 0.05) is 16.1 Å². The minimum absolute atomic E-state index is 0. The zero-order chi connectivity index (χ0) is 13.8. The Morgan fingerprint density at radius 3 is 2.85 bits per heavy atom. The van der Waals surface area contributed by atoms with E-state index in [1.165, 1.54) is 12.8 Å². The molecule has 2 rings (SSSR count). The van der Waals surface area contributed by atoms with Gasteiger partial charge in [-0.3, -0.25) is 4.79 Å². The first-order valence-electron chi connectivity index (χ1n) is 6.85. The highest BCUT2D eigenvalue weighted by atomic mass is 79.9. The molecule has 3 nitrogen and oxygen atoms in total. The van der Waals surface area contributed by atoms with Gasteiger partial charge < -0.3 is 10.6 Å². The predicted octanol–water partition coefficient (Wildman–Crippen LogP) is 3.30. The standard InChI is InChI=1S/C15H21BrN2O.ClH/c1-10-5-6-12(8-14(10)16)15(19)18-11(2)13-4-3-7-17-9-13;/h5-6,8,11,13,17H,3-4,7,9H2,1-2H3,(H,18,19);1H. The number of halogens is 2. The number of carbonyl (C=O) groups excluding carboxylic acids is 1. The highest BCUT2D eigenvalue weighted by Gasteiger charge is 2.21. The van der Waals surface area contributed by atoms with Crippen molar-refractivity contribution >= 4 is 34.2 Å². The number of aryl methyl sites for hydroxylation is 1. The van der Waals surface area contributed by atoms with Crippen molar-refractivity contribution in [1.82, 2.24) is 10.6 Å². The van der Waals surface area contributed by atoms with E-state index in [-0.39, 0.29) is 24.4 Å². The smallest absolute Gasteiger partial charge is 0.251 e. The van der Waals surface area contributed by atoms with Crippen molar-refractivity contribution in [2.75, 3.05) is 13.1 Å². The molecule has 1 amide bonds. The zero-order valence-electron chi connectivity index (χ0n) is 11.9. The molecule has 0 radical (unpaired) electrons. The van der Waals surface area contributed by atoms with E-state index in [4.69, 9.17) is 0 Å². The van der Waals surface area contributed by atoms with Crippen molar-refractivity contribution in [3.05, 3.63) is 33.8 Å². The number of hydrogen-bond donors (Lipinski definition) is 2. The number of rotatable bonds is 3. The molecule has 1 heterocycles. The Kier molecular flexibility index (Phi) is 7.00. The van der Waals surface area contributed by atoms with Crippen LogP contribution in [-0.4, -0.2) is 25.0 Å². The minimum atomic E-state index is 0. The molecule has 0 saturated carbocycles. The molecule has 0 aliphatic carbocycles. The van der Waals surface area contributed by atoms with Gasteiger partial charge in [-0.15, -0.1) is 12.4 Å². The Hall–Kier alpha value is -0.580. The lowest BCUT2D eigenvalue weighted by molar-refractivity contribution is 0.0922. The van der Waals surface area contributed by atoms with Gasteiger partial charge in [0.25, 0.3) is 5.91 Å². The van der Waals surface area contributed by atoms with Crippen molar-refractivity contribution in [2.45, 2.75) is 32.7 Å². The molecule has 1 aromatic carbocycles. The van der Waals surface area contributed by atoms with Crippen molar-refractivity contribution in [1.29, 1.82) is 0 Å². The monoisotopic (exact) mass is 360 g/mol. The van der Waals surface area contributed by atoms with Crippen molar-refractivity contribution in [3.8, 4) is 0 Å². The molecule has 0 aromatic heterocycles. The van der Waals surface area contributed by atoms with E-state index in [0.717, 1.165) is 23.1 Å². The zero-order valence-corrected chi connectivity index (χ0v) is 14.3. The highest BCUT2D eigenvalue weighted by Crippen LogP contribution is 2.18. The molecule has 5 heteroatoms. The van der Waals surface area contributed by atoms with Gasteiger partial charge in [0.1, 0.15) is 0 Å². The molecule has 1 fully saturated rings. The third-order valence-electron chi connectivity index (χ3n) is 3.83. The molecule has 1 aliphatic rings. The normalized spacial score (nSPS) is 19.9. The summed E-state index contributed by atoms with van der Waals surface area (Å²) in [6.07, 6.45) is 2.38. The summed E-state index contributed by atoms with van der Waals surface area (Å²) in [6, 6.07) is 5.93. The lowest BCUT2D eigenvalue weighted by Gasteiger charge is -2.29. The van der Waals surface area contributed by atoms with Gasteiger partial charge in [0.05, 0.1) is 0 Å². The molecule has 2 atom stereocenters. The minimum Gasteiger partial charge on any atom is -0.349 e. The topological polar surface area (TPSA) is 41.1 Å². The first-order valence-corrected chi connectivity index (χ1v) is 7.65. The van der Waals surface area contributed by atoms with Gasteiger partial charge in [-0.1, -0.05) is 22.0 Å². The van der Waals surface area contributed by atoms with Crippen LogP contribution in [0.15, 0.2) is 22.7 Å². The van der Waals surface area contributed by atoms with E-state index in [0.29, 0.717) is 11.5 Å². The van der Waals surface area contributed by atoms with Crippen LogP contribution in [0.25, 0.3) is 0 Å². The molecular weight excluding hydrogens is 340 g/mol. The number of benzene rings is 1. The molecule has 20 heavy (non-hydrogen) atoms. The summed E-state index contributed by atoms with van der Waals surface area (Å²) in [5, 5.41) is 6.50. The summed E-state index contributed by atoms with van der Waals surface area (Å²) < 4.78 is 0.979. The Morgan fingerprint density at radius 2 is 2.25 bits per heavy atom. The molecule has 1 aromatic rings. The first-order chi connectivity index (χ1) is 9.08. The van der Waals surface area contributed by atoms with Crippen LogP contribution in [-0.2, 0) is 0 Å². The van der Waals surface area contributed by atoms with Gasteiger partial charge in [0.2, 0.25) is 0 Å². The summed E-state index contributed by atoms with van der Waals surface area (Å²) >= 11 is 3.47. The largest absolute Gasteiger partial charge is 0.349 e. The van der Waals surface area contributed by atoms with E-state index in [9.17, 15) is 4.79 Å². The van der Waals surface area contributed by atoms with Gasteiger partial charge in [0.15, 0.2) is 0 Å². The summed E-state index contributed by atoms with van der Waals surface area (Å²) in [6.45, 7) is 6.21. The fraction of sp³-hybridized carbons (Fsp3) is 0.533. The van der Waals surface area contributed by atoms with Gasteiger partial charge in [-0.05, 0) is 63.4 Å². The second kappa shape index (κ2) is 8.01. The molecule has 2 unspecified atom stereocenters. The van der Waals surface area contributed by atoms with E-state index in [2.05, 4.69) is 33.5 Å². The van der Waals surface area contributed by atoms with Crippen LogP contribution in [0.2, 0.25) is 0 Å². The highest BCUT2D eigenvalue weighted by molar-refractivity contribution is 9.10. The fourth-order valence-electron chi connectivity index (χ4n) is 2.45. The number of amides is 1. The van der Waals surface area contributed by atoms with E-state index in [1.807, 2.05) is 25.1 Å². The van der Waals surface area contributed by atoms with Crippen LogP contribution in [0, 0.1) is 12.8 Å². The maximum absolute atomic E-state index is 12.2. The first kappa shape index (κ1) is 17.5. The Labute approximate surface area is 135 Å². The Morgan fingerprint density at radius 1 is 1.50 bits per heavy atom. The van der Waals surface area contributed by atoms with Crippen molar-refractivity contribution in [3.63, 3.8) is 0 Å². The predicted molar refractivity (Wildman–Crippen MR) is 88.6 cm³/mol. The SMILES string of the molecule is Cc1ccc(C(=O)NC(C)C2CCCNC2)cc1Br.Cl. The van der Waals surface area contributed by atoms with E-state index < -0.39 is 0 Å². The van der Waals surface area contributed by atoms with Crippen molar-refractivity contribution in [2.24, 2.45) is 5.92 Å². The second-order valence-electron chi connectivity index (χ2n) is 5.33. The van der Waals surface area contributed by atoms with E-state index in [1.54, 1.807) is 0 Å². The summed E-state index contributed by atoms with van der Waals surface area (Å²) in [5.74, 6) is 0.547. The van der Waals surface area contributed by atoms with Gasteiger partial charge >= 0.3 is 0 Å². The molecule has 112 valence electrons. The molecule has 1 aliphatic heterocycles. The quantitative estimate of drug-likeness (QED) is 0.867. The lowest BCUT2D eigenvalue weighted by Crippen LogP contribution is -2.44. The molecule has 2 N–H and O–H groups in total. The average Bonchev–Trinajstić information content (AvgIpc) is 2.42. The fourth-order valence-corrected chi connectivity index (χ4v) is 2.83. The van der Waals surface area contributed by atoms with E-state index >= 15 is 0 Å². The Balaban J connectivity index is 0.00000200. The number of hydrogen-bond acceptors (Lipinski definition) is 2. The van der Waals surface area contributed by atoms with Crippen LogP contribution in [0.3, 0.4) is 0 Å². The van der Waals surface area contributed by atoms with Crippen LogP contribution < -0.4 is 10.6 Å². The maximum atomic E-state index is 12.2. The lowest BCUT2D eigenvalue weighted by atomic mass is 9.92. The molecule has 1 saturated heterocycles. The molecular formula is C15H22BrClN2O. The molecule has 0 spiro atoms.